The molecule has 0 unspecified atom stereocenters. The van der Waals surface area contributed by atoms with Gasteiger partial charge in [0.25, 0.3) is 0 Å². The van der Waals surface area contributed by atoms with E-state index >= 15 is 0 Å². The maximum Gasteiger partial charge on any atom is 0.163 e. The molecule has 0 spiro atoms. The Balaban J connectivity index is 2.11. The molecule has 2 N–H and O–H groups in total. The van der Waals surface area contributed by atoms with Crippen molar-refractivity contribution in [2.24, 2.45) is 11.7 Å². The van der Waals surface area contributed by atoms with Crippen molar-refractivity contribution in [2.45, 2.75) is 64.7 Å². The first-order valence-corrected chi connectivity index (χ1v) is 8.74. The smallest absolute Gasteiger partial charge is 0.163 e. The monoisotopic (exact) mass is 315 g/mol. The van der Waals surface area contributed by atoms with Gasteiger partial charge in [0.05, 0.1) is 12.2 Å². The molecule has 0 saturated heterocycles. The SMILES string of the molecule is CCC(CC)O[C@@H]1C=C(C(=O)Cc2ccccc2)C[C@H](N)[C@H]1C. The second-order valence-electron chi connectivity index (χ2n) is 6.54. The third-order valence-electron chi connectivity index (χ3n) is 4.84. The summed E-state index contributed by atoms with van der Waals surface area (Å²) in [7, 11) is 0. The Morgan fingerprint density at radius 1 is 1.26 bits per heavy atom. The number of hydrogen-bond acceptors (Lipinski definition) is 3. The quantitative estimate of drug-likeness (QED) is 0.835. The molecular weight excluding hydrogens is 286 g/mol. The van der Waals surface area contributed by atoms with Crippen LogP contribution in [0.25, 0.3) is 0 Å². The van der Waals surface area contributed by atoms with Crippen LogP contribution < -0.4 is 5.73 Å². The van der Waals surface area contributed by atoms with E-state index in [4.69, 9.17) is 10.5 Å². The summed E-state index contributed by atoms with van der Waals surface area (Å²) in [5.41, 5.74) is 8.15. The van der Waals surface area contributed by atoms with E-state index in [9.17, 15) is 4.79 Å². The van der Waals surface area contributed by atoms with Crippen LogP contribution in [0.1, 0.15) is 45.6 Å². The molecule has 0 aliphatic heterocycles. The molecule has 0 saturated carbocycles. The zero-order chi connectivity index (χ0) is 16.8. The number of carbonyl (C=O) groups is 1. The summed E-state index contributed by atoms with van der Waals surface area (Å²) in [5.74, 6) is 0.403. The van der Waals surface area contributed by atoms with Gasteiger partial charge in [0.1, 0.15) is 0 Å². The van der Waals surface area contributed by atoms with Crippen LogP contribution in [-0.2, 0) is 16.0 Å². The van der Waals surface area contributed by atoms with Crippen molar-refractivity contribution < 1.29 is 9.53 Å². The van der Waals surface area contributed by atoms with Crippen LogP contribution in [-0.4, -0.2) is 24.0 Å². The fourth-order valence-electron chi connectivity index (χ4n) is 3.07. The Bertz CT molecular complexity index is 534. The van der Waals surface area contributed by atoms with Gasteiger partial charge in [0.2, 0.25) is 0 Å². The number of nitrogens with two attached hydrogens (primary N) is 1. The van der Waals surface area contributed by atoms with E-state index in [0.29, 0.717) is 12.8 Å². The highest BCUT2D eigenvalue weighted by molar-refractivity contribution is 5.97. The number of hydrogen-bond donors (Lipinski definition) is 1. The van der Waals surface area contributed by atoms with Crippen LogP contribution in [0.3, 0.4) is 0 Å². The highest BCUT2D eigenvalue weighted by Gasteiger charge is 2.31. The summed E-state index contributed by atoms with van der Waals surface area (Å²) in [6.07, 6.45) is 5.25. The van der Waals surface area contributed by atoms with Crippen molar-refractivity contribution in [1.29, 1.82) is 0 Å². The molecule has 0 fully saturated rings. The minimum Gasteiger partial charge on any atom is -0.371 e. The summed E-state index contributed by atoms with van der Waals surface area (Å²) in [6.45, 7) is 6.38. The van der Waals surface area contributed by atoms with E-state index < -0.39 is 0 Å². The van der Waals surface area contributed by atoms with Crippen molar-refractivity contribution in [1.82, 2.24) is 0 Å². The number of ketones is 1. The molecule has 23 heavy (non-hydrogen) atoms. The maximum atomic E-state index is 12.6. The van der Waals surface area contributed by atoms with Gasteiger partial charge in [-0.25, -0.2) is 0 Å². The van der Waals surface area contributed by atoms with Crippen molar-refractivity contribution >= 4 is 5.78 Å². The highest BCUT2D eigenvalue weighted by Crippen LogP contribution is 2.28. The first kappa shape index (κ1) is 17.9. The Hall–Kier alpha value is -1.45. The number of rotatable bonds is 7. The van der Waals surface area contributed by atoms with Gasteiger partial charge in [-0.15, -0.1) is 0 Å². The predicted octanol–water partition coefficient (Wildman–Crippen LogP) is 3.67. The van der Waals surface area contributed by atoms with Crippen LogP contribution in [0.2, 0.25) is 0 Å². The first-order chi connectivity index (χ1) is 11.0. The summed E-state index contributed by atoms with van der Waals surface area (Å²) < 4.78 is 6.19. The van der Waals surface area contributed by atoms with Gasteiger partial charge in [0.15, 0.2) is 5.78 Å². The van der Waals surface area contributed by atoms with Gasteiger partial charge in [0, 0.05) is 18.4 Å². The standard InChI is InChI=1S/C20H29NO2/c1-4-17(5-2)23-20-13-16(12-18(21)14(20)3)19(22)11-15-9-7-6-8-10-15/h6-10,13-14,17-18,20H,4-5,11-12,21H2,1-3H3/t14-,18+,20-/m1/s1. The zero-order valence-corrected chi connectivity index (χ0v) is 14.5. The second-order valence-corrected chi connectivity index (χ2v) is 6.54. The van der Waals surface area contributed by atoms with Gasteiger partial charge in [-0.05, 0) is 36.5 Å². The molecule has 3 atom stereocenters. The Morgan fingerprint density at radius 2 is 1.91 bits per heavy atom. The number of ether oxygens (including phenoxy) is 1. The fraction of sp³-hybridized carbons (Fsp3) is 0.550. The topological polar surface area (TPSA) is 52.3 Å². The molecule has 1 aromatic rings. The summed E-state index contributed by atoms with van der Waals surface area (Å²) >= 11 is 0. The summed E-state index contributed by atoms with van der Waals surface area (Å²) in [5, 5.41) is 0. The molecule has 1 aliphatic carbocycles. The molecule has 2 rings (SSSR count). The van der Waals surface area contributed by atoms with E-state index in [1.54, 1.807) is 0 Å². The largest absolute Gasteiger partial charge is 0.371 e. The molecule has 126 valence electrons. The van der Waals surface area contributed by atoms with Crippen molar-refractivity contribution in [3.05, 3.63) is 47.5 Å². The Morgan fingerprint density at radius 3 is 2.52 bits per heavy atom. The van der Waals surface area contributed by atoms with E-state index in [1.165, 1.54) is 0 Å². The lowest BCUT2D eigenvalue weighted by molar-refractivity contribution is -0.115. The van der Waals surface area contributed by atoms with Gasteiger partial charge >= 0.3 is 0 Å². The minimum atomic E-state index is -0.0571. The van der Waals surface area contributed by atoms with Gasteiger partial charge < -0.3 is 10.5 Å². The van der Waals surface area contributed by atoms with E-state index in [-0.39, 0.29) is 30.0 Å². The second kappa shape index (κ2) is 8.42. The molecule has 1 aromatic carbocycles. The molecule has 3 heteroatoms. The normalized spacial score (nSPS) is 24.6. The lowest BCUT2D eigenvalue weighted by Crippen LogP contribution is -2.42. The molecule has 1 aliphatic rings. The van der Waals surface area contributed by atoms with Gasteiger partial charge in [-0.3, -0.25) is 4.79 Å². The van der Waals surface area contributed by atoms with E-state index in [2.05, 4.69) is 20.8 Å². The van der Waals surface area contributed by atoms with Crippen molar-refractivity contribution in [3.8, 4) is 0 Å². The molecule has 0 aromatic heterocycles. The van der Waals surface area contributed by atoms with Crippen LogP contribution in [0, 0.1) is 5.92 Å². The van der Waals surface area contributed by atoms with Crippen molar-refractivity contribution in [3.63, 3.8) is 0 Å². The zero-order valence-electron chi connectivity index (χ0n) is 14.5. The lowest BCUT2D eigenvalue weighted by atomic mass is 9.82. The van der Waals surface area contributed by atoms with Crippen molar-refractivity contribution in [2.75, 3.05) is 0 Å². The summed E-state index contributed by atoms with van der Waals surface area (Å²) in [6, 6.07) is 9.85. The average Bonchev–Trinajstić information content (AvgIpc) is 2.56. The van der Waals surface area contributed by atoms with E-state index in [0.717, 1.165) is 24.0 Å². The maximum absolute atomic E-state index is 12.6. The predicted molar refractivity (Wildman–Crippen MR) is 94.2 cm³/mol. The Kier molecular flexibility index (Phi) is 6.55. The Labute approximate surface area is 139 Å². The number of benzene rings is 1. The fourth-order valence-corrected chi connectivity index (χ4v) is 3.07. The molecule has 0 radical (unpaired) electrons. The van der Waals surface area contributed by atoms with Crippen LogP contribution >= 0.6 is 0 Å². The molecular formula is C20H29NO2. The van der Waals surface area contributed by atoms with Gasteiger partial charge in [-0.1, -0.05) is 51.1 Å². The molecule has 0 amide bonds. The molecule has 0 bridgehead atoms. The average molecular weight is 315 g/mol. The van der Waals surface area contributed by atoms with E-state index in [1.807, 2.05) is 36.4 Å². The lowest BCUT2D eigenvalue weighted by Gasteiger charge is -2.34. The first-order valence-electron chi connectivity index (χ1n) is 8.74. The third kappa shape index (κ3) is 4.76. The van der Waals surface area contributed by atoms with Crippen LogP contribution in [0.4, 0.5) is 0 Å². The van der Waals surface area contributed by atoms with Gasteiger partial charge in [-0.2, -0.15) is 0 Å². The number of Topliss-reactive ketones (excluding diaryl/α,β-unsaturated/α-hetero) is 1. The number of carbonyl (C=O) groups excluding carboxylic acids is 1. The third-order valence-corrected chi connectivity index (χ3v) is 4.84. The van der Waals surface area contributed by atoms with Crippen LogP contribution in [0.15, 0.2) is 42.0 Å². The molecule has 3 nitrogen and oxygen atoms in total. The summed E-state index contributed by atoms with van der Waals surface area (Å²) in [4.78, 5) is 12.6. The minimum absolute atomic E-state index is 0.0194. The van der Waals surface area contributed by atoms with Crippen LogP contribution in [0.5, 0.6) is 0 Å². The molecule has 0 heterocycles. The highest BCUT2D eigenvalue weighted by atomic mass is 16.5.